The molecule has 0 bridgehead atoms. The van der Waals surface area contributed by atoms with Crippen molar-refractivity contribution < 1.29 is 39.8 Å². The maximum Gasteiger partial charge on any atom is 0.220 e. The maximum atomic E-state index is 13.1. The lowest BCUT2D eigenvalue weighted by Crippen LogP contribution is -2.60. The minimum atomic E-state index is -1.55. The number of carbonyl (C=O) groups is 1. The highest BCUT2D eigenvalue weighted by molar-refractivity contribution is 5.76. The molecule has 0 aromatic carbocycles. The Morgan fingerprint density at radius 1 is 0.423 bits per heavy atom. The van der Waals surface area contributed by atoms with Crippen LogP contribution in [0.4, 0.5) is 0 Å². The van der Waals surface area contributed by atoms with E-state index >= 15 is 0 Å². The molecule has 1 saturated heterocycles. The zero-order chi connectivity index (χ0) is 51.5. The molecule has 1 heterocycles. The molecule has 71 heavy (non-hydrogen) atoms. The van der Waals surface area contributed by atoms with Gasteiger partial charge in [0.2, 0.25) is 5.91 Å². The topological polar surface area (TPSA) is 149 Å². The molecule has 0 aliphatic carbocycles. The van der Waals surface area contributed by atoms with Crippen LogP contribution in [-0.4, -0.2) is 87.5 Å². The van der Waals surface area contributed by atoms with Crippen molar-refractivity contribution in [3.8, 4) is 0 Å². The van der Waals surface area contributed by atoms with E-state index in [0.717, 1.165) is 38.5 Å². The monoisotopic (exact) mass is 1010 g/mol. The molecule has 424 valence electrons. The molecule has 7 unspecified atom stereocenters. The molecular weight excluding hydrogens is 887 g/mol. The number of amides is 1. The van der Waals surface area contributed by atoms with E-state index in [2.05, 4.69) is 19.2 Å². The Hall–Kier alpha value is -0.810. The Kier molecular flexibility index (Phi) is 50.6. The zero-order valence-electron chi connectivity index (χ0n) is 47.3. The summed E-state index contributed by atoms with van der Waals surface area (Å²) in [6.07, 6.45) is 57.2. The lowest BCUT2D eigenvalue weighted by molar-refractivity contribution is -0.302. The van der Waals surface area contributed by atoms with Gasteiger partial charge in [0.05, 0.1) is 25.4 Å². The molecule has 0 saturated carbocycles. The van der Waals surface area contributed by atoms with Gasteiger partial charge in [-0.3, -0.25) is 4.79 Å². The van der Waals surface area contributed by atoms with E-state index in [-0.39, 0.29) is 12.5 Å². The van der Waals surface area contributed by atoms with E-state index in [0.29, 0.717) is 12.8 Å². The predicted octanol–water partition coefficient (Wildman–Crippen LogP) is 16.2. The van der Waals surface area contributed by atoms with Gasteiger partial charge < -0.3 is 40.3 Å². The quantitative estimate of drug-likeness (QED) is 0.0330. The summed E-state index contributed by atoms with van der Waals surface area (Å²) in [6, 6.07) is -0.714. The zero-order valence-corrected chi connectivity index (χ0v) is 47.3. The summed E-state index contributed by atoms with van der Waals surface area (Å²) >= 11 is 0. The number of hydrogen-bond donors (Lipinski definition) is 6. The molecule has 0 aromatic rings. The van der Waals surface area contributed by atoms with Gasteiger partial charge in [-0.15, -0.1) is 0 Å². The molecule has 0 aromatic heterocycles. The first-order chi connectivity index (χ1) is 34.8. The predicted molar refractivity (Wildman–Crippen MR) is 300 cm³/mol. The Morgan fingerprint density at radius 3 is 1.00 bits per heavy atom. The number of carbonyl (C=O) groups excluding carboxylic acids is 1. The van der Waals surface area contributed by atoms with Crippen molar-refractivity contribution in [3.05, 3.63) is 0 Å². The lowest BCUT2D eigenvalue weighted by Gasteiger charge is -2.40. The molecule has 0 radical (unpaired) electrons. The fourth-order valence-corrected chi connectivity index (χ4v) is 10.7. The smallest absolute Gasteiger partial charge is 0.220 e. The molecule has 1 amide bonds. The van der Waals surface area contributed by atoms with Gasteiger partial charge in [-0.1, -0.05) is 316 Å². The van der Waals surface area contributed by atoms with Gasteiger partial charge in [0, 0.05) is 6.42 Å². The fraction of sp³-hybridized carbons (Fsp3) is 0.984. The number of nitrogens with one attached hydrogen (secondary N) is 1. The molecule has 9 nitrogen and oxygen atoms in total. The van der Waals surface area contributed by atoms with E-state index in [1.54, 1.807) is 0 Å². The first-order valence-corrected chi connectivity index (χ1v) is 31.7. The fourth-order valence-electron chi connectivity index (χ4n) is 10.7. The Labute approximate surface area is 440 Å². The average Bonchev–Trinajstić information content (AvgIpc) is 3.37. The highest BCUT2D eigenvalue weighted by Gasteiger charge is 2.44. The van der Waals surface area contributed by atoms with Crippen molar-refractivity contribution in [2.75, 3.05) is 13.2 Å². The summed E-state index contributed by atoms with van der Waals surface area (Å²) in [6.45, 7) is 3.90. The largest absolute Gasteiger partial charge is 0.394 e. The van der Waals surface area contributed by atoms with Crippen LogP contribution in [0.3, 0.4) is 0 Å². The summed E-state index contributed by atoms with van der Waals surface area (Å²) in [5.74, 6) is -0.134. The van der Waals surface area contributed by atoms with E-state index in [9.17, 15) is 30.3 Å². The van der Waals surface area contributed by atoms with Crippen LogP contribution in [0.2, 0.25) is 0 Å². The second kappa shape index (κ2) is 52.6. The van der Waals surface area contributed by atoms with Gasteiger partial charge in [0.15, 0.2) is 6.29 Å². The number of aliphatic hydroxyl groups is 5. The minimum absolute atomic E-state index is 0.131. The number of aliphatic hydroxyl groups excluding tert-OH is 5. The van der Waals surface area contributed by atoms with Crippen molar-refractivity contribution >= 4 is 5.91 Å². The molecule has 9 heteroatoms. The number of ether oxygens (including phenoxy) is 2. The molecule has 1 aliphatic heterocycles. The van der Waals surface area contributed by atoms with Gasteiger partial charge in [-0.25, -0.2) is 0 Å². The van der Waals surface area contributed by atoms with Crippen LogP contribution in [0.25, 0.3) is 0 Å². The molecule has 1 rings (SSSR count). The van der Waals surface area contributed by atoms with Crippen LogP contribution in [0.15, 0.2) is 0 Å². The van der Waals surface area contributed by atoms with Crippen molar-refractivity contribution in [1.82, 2.24) is 5.32 Å². The summed E-state index contributed by atoms with van der Waals surface area (Å²) in [7, 11) is 0. The summed E-state index contributed by atoms with van der Waals surface area (Å²) in [5.41, 5.74) is 0. The summed E-state index contributed by atoms with van der Waals surface area (Å²) in [4.78, 5) is 13.1. The molecular formula is C62H123NO8. The Morgan fingerprint density at radius 2 is 0.704 bits per heavy atom. The van der Waals surface area contributed by atoms with E-state index in [4.69, 9.17) is 9.47 Å². The van der Waals surface area contributed by atoms with Crippen molar-refractivity contribution in [2.45, 2.75) is 378 Å². The Bertz CT molecular complexity index is 1080. The van der Waals surface area contributed by atoms with E-state index in [1.165, 1.54) is 270 Å². The number of rotatable bonds is 56. The van der Waals surface area contributed by atoms with Crippen molar-refractivity contribution in [3.63, 3.8) is 0 Å². The molecule has 1 fully saturated rings. The Balaban J connectivity index is 2.13. The summed E-state index contributed by atoms with van der Waals surface area (Å²) in [5, 5.41) is 54.8. The van der Waals surface area contributed by atoms with E-state index in [1.807, 2.05) is 0 Å². The van der Waals surface area contributed by atoms with Gasteiger partial charge in [0.1, 0.15) is 24.4 Å². The third kappa shape index (κ3) is 42.0. The normalized spacial score (nSPS) is 19.1. The van der Waals surface area contributed by atoms with Gasteiger partial charge in [-0.2, -0.15) is 0 Å². The second-order valence-electron chi connectivity index (χ2n) is 22.6. The van der Waals surface area contributed by atoms with Gasteiger partial charge in [-0.05, 0) is 12.8 Å². The van der Waals surface area contributed by atoms with Gasteiger partial charge in [0.25, 0.3) is 0 Å². The van der Waals surface area contributed by atoms with Crippen LogP contribution >= 0.6 is 0 Å². The van der Waals surface area contributed by atoms with Crippen molar-refractivity contribution in [2.24, 2.45) is 0 Å². The maximum absolute atomic E-state index is 13.1. The van der Waals surface area contributed by atoms with Crippen LogP contribution in [0, 0.1) is 0 Å². The first-order valence-electron chi connectivity index (χ1n) is 31.7. The summed E-state index contributed by atoms with van der Waals surface area (Å²) < 4.78 is 11.3. The third-order valence-electron chi connectivity index (χ3n) is 15.7. The minimum Gasteiger partial charge on any atom is -0.394 e. The molecule has 6 N–H and O–H groups in total. The lowest BCUT2D eigenvalue weighted by atomic mass is 9.99. The molecule has 0 spiro atoms. The van der Waals surface area contributed by atoms with Crippen molar-refractivity contribution in [1.29, 1.82) is 0 Å². The van der Waals surface area contributed by atoms with Crippen LogP contribution in [-0.2, 0) is 14.3 Å². The highest BCUT2D eigenvalue weighted by Crippen LogP contribution is 2.24. The second-order valence-corrected chi connectivity index (χ2v) is 22.6. The third-order valence-corrected chi connectivity index (χ3v) is 15.7. The SMILES string of the molecule is CCCCCCCCCCCCCCCCCCCCCCCCCCCCCCC(=O)NC(COC1OC(CO)C(O)C(O)C1O)C(O)CCCCCCCCCCCCCCCCCCCCCC. The molecule has 7 atom stereocenters. The first kappa shape index (κ1) is 68.2. The van der Waals surface area contributed by atoms with E-state index < -0.39 is 49.5 Å². The number of unbranched alkanes of at least 4 members (excludes halogenated alkanes) is 46. The highest BCUT2D eigenvalue weighted by atomic mass is 16.7. The number of hydrogen-bond acceptors (Lipinski definition) is 8. The van der Waals surface area contributed by atoms with Crippen LogP contribution in [0.1, 0.15) is 335 Å². The van der Waals surface area contributed by atoms with Gasteiger partial charge >= 0.3 is 0 Å². The van der Waals surface area contributed by atoms with Crippen LogP contribution in [0.5, 0.6) is 0 Å². The standard InChI is InChI=1S/C62H123NO8/c1-3-5-7-9-11-13-15-17-19-21-23-25-26-27-28-29-30-31-32-34-36-38-40-42-44-46-48-50-52-58(66)63-55(54-70-62-61(69)60(68)59(67)57(53-64)71-62)56(65)51-49-47-45-43-41-39-37-35-33-24-22-20-18-16-14-12-10-8-6-4-2/h55-57,59-62,64-65,67-69H,3-54H2,1-2H3,(H,63,66). The van der Waals surface area contributed by atoms with Crippen LogP contribution < -0.4 is 5.32 Å². The average molecular weight is 1010 g/mol. The molecule has 1 aliphatic rings.